The standard InChI is InChI=1S/C11H15N3O4/c1-7-5-9(13-18-7)12-10(16)11(17)14-4-2-3-8(15)6-14/h5,8,15H,2-4,6H2,1H3,(H,12,13,16). The lowest BCUT2D eigenvalue weighted by molar-refractivity contribution is -0.145. The zero-order chi connectivity index (χ0) is 13.1. The van der Waals surface area contributed by atoms with E-state index in [-0.39, 0.29) is 12.4 Å². The van der Waals surface area contributed by atoms with Crippen LogP contribution in [0.25, 0.3) is 0 Å². The summed E-state index contributed by atoms with van der Waals surface area (Å²) in [4.78, 5) is 24.8. The number of carbonyl (C=O) groups is 2. The highest BCUT2D eigenvalue weighted by Crippen LogP contribution is 2.11. The van der Waals surface area contributed by atoms with Crippen molar-refractivity contribution in [2.75, 3.05) is 18.4 Å². The fraction of sp³-hybridized carbons (Fsp3) is 0.545. The normalized spacial score (nSPS) is 19.7. The van der Waals surface area contributed by atoms with Gasteiger partial charge in [-0.3, -0.25) is 14.9 Å². The molecule has 1 aromatic heterocycles. The number of anilines is 1. The van der Waals surface area contributed by atoms with Crippen molar-refractivity contribution in [3.8, 4) is 0 Å². The van der Waals surface area contributed by atoms with Gasteiger partial charge in [0.05, 0.1) is 6.10 Å². The predicted molar refractivity (Wildman–Crippen MR) is 61.7 cm³/mol. The van der Waals surface area contributed by atoms with Crippen molar-refractivity contribution in [1.82, 2.24) is 10.1 Å². The molecule has 18 heavy (non-hydrogen) atoms. The molecular weight excluding hydrogens is 238 g/mol. The molecule has 1 atom stereocenters. The Morgan fingerprint density at radius 2 is 2.39 bits per heavy atom. The number of hydrogen-bond donors (Lipinski definition) is 2. The van der Waals surface area contributed by atoms with E-state index < -0.39 is 17.9 Å². The Morgan fingerprint density at radius 1 is 1.61 bits per heavy atom. The number of β-amino-alcohol motifs (C(OH)–C–C–N with tert-alkyl or cyclic N) is 1. The number of nitrogens with zero attached hydrogens (tertiary/aromatic N) is 2. The molecule has 98 valence electrons. The SMILES string of the molecule is Cc1cc(NC(=O)C(=O)N2CCCC(O)C2)no1. The van der Waals surface area contributed by atoms with Gasteiger partial charge in [0.2, 0.25) is 0 Å². The minimum atomic E-state index is -0.766. The average molecular weight is 253 g/mol. The molecule has 2 rings (SSSR count). The minimum absolute atomic E-state index is 0.199. The van der Waals surface area contributed by atoms with Crippen LogP contribution in [0.3, 0.4) is 0 Å². The van der Waals surface area contributed by atoms with Crippen molar-refractivity contribution >= 4 is 17.6 Å². The van der Waals surface area contributed by atoms with Crippen LogP contribution in [0.2, 0.25) is 0 Å². The number of piperidine rings is 1. The van der Waals surface area contributed by atoms with Gasteiger partial charge in [-0.25, -0.2) is 0 Å². The highest BCUT2D eigenvalue weighted by Gasteiger charge is 2.27. The Morgan fingerprint density at radius 3 is 3.00 bits per heavy atom. The Kier molecular flexibility index (Phi) is 3.61. The molecule has 1 saturated heterocycles. The highest BCUT2D eigenvalue weighted by molar-refractivity contribution is 6.39. The molecule has 1 aliphatic heterocycles. The smallest absolute Gasteiger partial charge is 0.315 e. The number of hydrogen-bond acceptors (Lipinski definition) is 5. The number of nitrogens with one attached hydrogen (secondary N) is 1. The van der Waals surface area contributed by atoms with Gasteiger partial charge in [0, 0.05) is 19.2 Å². The first-order valence-electron chi connectivity index (χ1n) is 5.78. The summed E-state index contributed by atoms with van der Waals surface area (Å²) in [5.41, 5.74) is 0. The third-order valence-electron chi connectivity index (χ3n) is 2.75. The molecule has 1 unspecified atom stereocenters. The molecule has 2 amide bonds. The Balaban J connectivity index is 1.94. The topological polar surface area (TPSA) is 95.7 Å². The van der Waals surface area contributed by atoms with E-state index in [1.807, 2.05) is 0 Å². The first-order chi connectivity index (χ1) is 8.56. The highest BCUT2D eigenvalue weighted by atomic mass is 16.5. The summed E-state index contributed by atoms with van der Waals surface area (Å²) in [6, 6.07) is 1.52. The van der Waals surface area contributed by atoms with Crippen LogP contribution in [0.4, 0.5) is 5.82 Å². The third kappa shape index (κ3) is 2.86. The van der Waals surface area contributed by atoms with Gasteiger partial charge < -0.3 is 14.5 Å². The zero-order valence-electron chi connectivity index (χ0n) is 10.0. The summed E-state index contributed by atoms with van der Waals surface area (Å²) >= 11 is 0. The molecule has 0 aromatic carbocycles. The lowest BCUT2D eigenvalue weighted by Crippen LogP contribution is -2.46. The van der Waals surface area contributed by atoms with Crippen LogP contribution in [-0.4, -0.2) is 46.2 Å². The van der Waals surface area contributed by atoms with E-state index in [2.05, 4.69) is 10.5 Å². The number of aliphatic hydroxyl groups is 1. The molecule has 2 N–H and O–H groups in total. The van der Waals surface area contributed by atoms with E-state index in [9.17, 15) is 14.7 Å². The van der Waals surface area contributed by atoms with E-state index in [1.54, 1.807) is 6.92 Å². The van der Waals surface area contributed by atoms with Gasteiger partial charge in [0.25, 0.3) is 0 Å². The number of carbonyl (C=O) groups excluding carboxylic acids is 2. The molecule has 0 bridgehead atoms. The summed E-state index contributed by atoms with van der Waals surface area (Å²) in [5, 5.41) is 15.4. The summed E-state index contributed by atoms with van der Waals surface area (Å²) in [6.45, 7) is 2.37. The summed E-state index contributed by atoms with van der Waals surface area (Å²) in [5.74, 6) is -0.665. The third-order valence-corrected chi connectivity index (χ3v) is 2.75. The molecule has 0 radical (unpaired) electrons. The summed E-state index contributed by atoms with van der Waals surface area (Å²) in [6.07, 6.45) is 0.807. The fourth-order valence-corrected chi connectivity index (χ4v) is 1.88. The van der Waals surface area contributed by atoms with Crippen LogP contribution in [0.5, 0.6) is 0 Å². The second-order valence-electron chi connectivity index (χ2n) is 4.32. The number of aliphatic hydroxyl groups excluding tert-OH is 1. The van der Waals surface area contributed by atoms with E-state index in [1.165, 1.54) is 11.0 Å². The van der Waals surface area contributed by atoms with Crippen molar-refractivity contribution in [3.05, 3.63) is 11.8 Å². The Labute approximate surface area is 104 Å². The zero-order valence-corrected chi connectivity index (χ0v) is 10.0. The van der Waals surface area contributed by atoms with Gasteiger partial charge >= 0.3 is 11.8 Å². The number of rotatable bonds is 1. The van der Waals surface area contributed by atoms with Crippen molar-refractivity contribution < 1.29 is 19.2 Å². The van der Waals surface area contributed by atoms with Gasteiger partial charge in [-0.05, 0) is 19.8 Å². The van der Waals surface area contributed by atoms with Crippen LogP contribution in [-0.2, 0) is 9.59 Å². The van der Waals surface area contributed by atoms with Crippen LogP contribution < -0.4 is 5.32 Å². The van der Waals surface area contributed by atoms with Crippen molar-refractivity contribution in [1.29, 1.82) is 0 Å². The van der Waals surface area contributed by atoms with Crippen LogP contribution in [0, 0.1) is 6.92 Å². The van der Waals surface area contributed by atoms with Crippen LogP contribution in [0.1, 0.15) is 18.6 Å². The molecule has 0 saturated carbocycles. The van der Waals surface area contributed by atoms with Gasteiger partial charge in [0.1, 0.15) is 5.76 Å². The number of aromatic nitrogens is 1. The van der Waals surface area contributed by atoms with Gasteiger partial charge in [-0.1, -0.05) is 5.16 Å². The van der Waals surface area contributed by atoms with E-state index in [0.29, 0.717) is 25.1 Å². The van der Waals surface area contributed by atoms with Gasteiger partial charge in [-0.15, -0.1) is 0 Å². The number of likely N-dealkylation sites (tertiary alicyclic amines) is 1. The first kappa shape index (κ1) is 12.6. The molecule has 0 spiro atoms. The second kappa shape index (κ2) is 5.18. The van der Waals surface area contributed by atoms with Crippen molar-refractivity contribution in [3.63, 3.8) is 0 Å². The number of amides is 2. The van der Waals surface area contributed by atoms with E-state index in [4.69, 9.17) is 4.52 Å². The average Bonchev–Trinajstić information content (AvgIpc) is 2.73. The van der Waals surface area contributed by atoms with Gasteiger partial charge in [0.15, 0.2) is 5.82 Å². The summed E-state index contributed by atoms with van der Waals surface area (Å²) in [7, 11) is 0. The molecule has 1 aliphatic rings. The van der Waals surface area contributed by atoms with Crippen molar-refractivity contribution in [2.24, 2.45) is 0 Å². The maximum Gasteiger partial charge on any atom is 0.315 e. The van der Waals surface area contributed by atoms with E-state index in [0.717, 1.165) is 0 Å². The molecule has 2 heterocycles. The largest absolute Gasteiger partial charge is 0.391 e. The Hall–Kier alpha value is -1.89. The lowest BCUT2D eigenvalue weighted by Gasteiger charge is -2.29. The molecule has 0 aliphatic carbocycles. The molecule has 1 aromatic rings. The van der Waals surface area contributed by atoms with Gasteiger partial charge in [-0.2, -0.15) is 0 Å². The maximum absolute atomic E-state index is 11.8. The maximum atomic E-state index is 11.8. The quantitative estimate of drug-likeness (QED) is 0.682. The summed E-state index contributed by atoms with van der Waals surface area (Å²) < 4.78 is 4.78. The van der Waals surface area contributed by atoms with Crippen LogP contribution >= 0.6 is 0 Å². The number of aryl methyl sites for hydroxylation is 1. The van der Waals surface area contributed by atoms with Crippen LogP contribution in [0.15, 0.2) is 10.6 Å². The lowest BCUT2D eigenvalue weighted by atomic mass is 10.1. The molecule has 7 nitrogen and oxygen atoms in total. The molecule has 1 fully saturated rings. The fourth-order valence-electron chi connectivity index (χ4n) is 1.88. The predicted octanol–water partition coefficient (Wildman–Crippen LogP) is -0.0952. The first-order valence-corrected chi connectivity index (χ1v) is 5.78. The van der Waals surface area contributed by atoms with Crippen molar-refractivity contribution in [2.45, 2.75) is 25.9 Å². The minimum Gasteiger partial charge on any atom is -0.391 e. The molecule has 7 heteroatoms. The monoisotopic (exact) mass is 253 g/mol. The Bertz CT molecular complexity index is 457. The van der Waals surface area contributed by atoms with E-state index >= 15 is 0 Å². The molecular formula is C11H15N3O4. The second-order valence-corrected chi connectivity index (χ2v) is 4.32.